The first kappa shape index (κ1) is 18.0. The molecule has 3 heterocycles. The minimum Gasteiger partial charge on any atom is -0.348 e. The summed E-state index contributed by atoms with van der Waals surface area (Å²) in [4.78, 5) is 14.1. The van der Waals surface area contributed by atoms with Gasteiger partial charge in [-0.25, -0.2) is 0 Å². The van der Waals surface area contributed by atoms with Crippen molar-refractivity contribution in [3.05, 3.63) is 64.1 Å². The highest BCUT2D eigenvalue weighted by Gasteiger charge is 2.35. The van der Waals surface area contributed by atoms with Gasteiger partial charge < -0.3 is 14.8 Å². The Morgan fingerprint density at radius 1 is 1.11 bits per heavy atom. The van der Waals surface area contributed by atoms with E-state index in [1.54, 1.807) is 18.2 Å². The van der Waals surface area contributed by atoms with Gasteiger partial charge in [0.2, 0.25) is 0 Å². The van der Waals surface area contributed by atoms with Crippen LogP contribution in [0.2, 0.25) is 0 Å². The zero-order valence-corrected chi connectivity index (χ0v) is 15.2. The van der Waals surface area contributed by atoms with Gasteiger partial charge in [-0.1, -0.05) is 12.1 Å². The van der Waals surface area contributed by atoms with E-state index in [0.29, 0.717) is 30.4 Å². The van der Waals surface area contributed by atoms with Crippen LogP contribution in [0.1, 0.15) is 23.6 Å². The predicted octanol–water partition coefficient (Wildman–Crippen LogP) is 3.68. The van der Waals surface area contributed by atoms with Crippen molar-refractivity contribution in [3.63, 3.8) is 0 Å². The maximum atomic E-state index is 12.9. The fraction of sp³-hybridized carbons (Fsp3) is 0.368. The normalized spacial score (nSPS) is 21.5. The molecule has 4 nitrogen and oxygen atoms in total. The Morgan fingerprint density at radius 2 is 1.89 bits per heavy atom. The summed E-state index contributed by atoms with van der Waals surface area (Å²) in [6, 6.07) is 10.3. The van der Waals surface area contributed by atoms with Crippen LogP contribution in [0.3, 0.4) is 0 Å². The van der Waals surface area contributed by atoms with Gasteiger partial charge in [0.15, 0.2) is 5.11 Å². The van der Waals surface area contributed by atoms with Crippen LogP contribution in [0.5, 0.6) is 0 Å². The molecular weight excluding hydrogens is 375 g/mol. The van der Waals surface area contributed by atoms with E-state index in [2.05, 4.69) is 5.32 Å². The third-order valence-corrected chi connectivity index (χ3v) is 5.57. The molecule has 1 aromatic heterocycles. The zero-order valence-electron chi connectivity index (χ0n) is 14.4. The highest BCUT2D eigenvalue weighted by molar-refractivity contribution is 7.80. The number of benzene rings is 1. The molecule has 0 radical (unpaired) electrons. The average Bonchev–Trinajstić information content (AvgIpc) is 2.62. The van der Waals surface area contributed by atoms with E-state index in [9.17, 15) is 18.0 Å². The monoisotopic (exact) mass is 393 g/mol. The van der Waals surface area contributed by atoms with Crippen molar-refractivity contribution in [2.75, 3.05) is 18.4 Å². The van der Waals surface area contributed by atoms with E-state index in [1.165, 1.54) is 6.07 Å². The summed E-state index contributed by atoms with van der Waals surface area (Å²) in [6.07, 6.45) is -3.40. The molecule has 1 aromatic carbocycles. The van der Waals surface area contributed by atoms with Crippen molar-refractivity contribution in [1.82, 2.24) is 9.47 Å². The number of piperidine rings is 1. The number of halogens is 3. The molecule has 0 saturated carbocycles. The molecule has 2 aliphatic heterocycles. The Bertz CT molecular complexity index is 940. The Labute approximate surface area is 159 Å². The average molecular weight is 393 g/mol. The van der Waals surface area contributed by atoms with Crippen molar-refractivity contribution in [2.45, 2.75) is 25.1 Å². The zero-order chi connectivity index (χ0) is 19.2. The molecule has 0 unspecified atom stereocenters. The van der Waals surface area contributed by atoms with Crippen LogP contribution in [0.15, 0.2) is 47.3 Å². The van der Waals surface area contributed by atoms with Gasteiger partial charge in [0, 0.05) is 43.0 Å². The summed E-state index contributed by atoms with van der Waals surface area (Å²) in [6.45, 7) is 1.97. The SMILES string of the molecule is O=c1cccc2n1C[C@@H]1C[C@H]2CN(C(=S)Nc2cccc(C(F)(F)F)c2)C1. The van der Waals surface area contributed by atoms with Gasteiger partial charge in [-0.05, 0) is 48.8 Å². The number of hydrogen-bond acceptors (Lipinski definition) is 2. The second kappa shape index (κ2) is 6.67. The third-order valence-electron chi connectivity index (χ3n) is 5.21. The molecule has 8 heteroatoms. The summed E-state index contributed by atoms with van der Waals surface area (Å²) in [7, 11) is 0. The molecule has 1 saturated heterocycles. The Kier molecular flexibility index (Phi) is 4.46. The molecule has 2 atom stereocenters. The van der Waals surface area contributed by atoms with Gasteiger partial charge in [-0.2, -0.15) is 13.2 Å². The molecular formula is C19H18F3N3OS. The number of aromatic nitrogens is 1. The molecule has 2 aliphatic rings. The molecule has 4 rings (SSSR count). The van der Waals surface area contributed by atoms with Crippen molar-refractivity contribution in [1.29, 1.82) is 0 Å². The lowest BCUT2D eigenvalue weighted by Crippen LogP contribution is -2.50. The number of rotatable bonds is 1. The summed E-state index contributed by atoms with van der Waals surface area (Å²) in [5.74, 6) is 0.477. The number of anilines is 1. The third kappa shape index (κ3) is 3.58. The maximum absolute atomic E-state index is 12.9. The summed E-state index contributed by atoms with van der Waals surface area (Å²) >= 11 is 5.46. The molecule has 27 heavy (non-hydrogen) atoms. The van der Waals surface area contributed by atoms with E-state index in [0.717, 1.165) is 24.2 Å². The van der Waals surface area contributed by atoms with Gasteiger partial charge in [-0.3, -0.25) is 4.79 Å². The highest BCUT2D eigenvalue weighted by Crippen LogP contribution is 2.35. The topological polar surface area (TPSA) is 37.3 Å². The molecule has 142 valence electrons. The molecule has 0 spiro atoms. The highest BCUT2D eigenvalue weighted by atomic mass is 32.1. The number of hydrogen-bond donors (Lipinski definition) is 1. The van der Waals surface area contributed by atoms with Crippen LogP contribution in [-0.4, -0.2) is 27.7 Å². The molecule has 0 amide bonds. The molecule has 1 fully saturated rings. The first-order chi connectivity index (χ1) is 12.8. The van der Waals surface area contributed by atoms with E-state index in [1.807, 2.05) is 15.5 Å². The van der Waals surface area contributed by atoms with Crippen molar-refractivity contribution < 1.29 is 13.2 Å². The fourth-order valence-corrected chi connectivity index (χ4v) is 4.31. The number of nitrogens with one attached hydrogen (secondary N) is 1. The summed E-state index contributed by atoms with van der Waals surface area (Å²) in [5, 5.41) is 3.35. The van der Waals surface area contributed by atoms with E-state index in [4.69, 9.17) is 12.2 Å². The largest absolute Gasteiger partial charge is 0.416 e. The minimum absolute atomic E-state index is 0.0142. The van der Waals surface area contributed by atoms with Gasteiger partial charge in [-0.15, -0.1) is 0 Å². The van der Waals surface area contributed by atoms with Crippen molar-refractivity contribution in [2.24, 2.45) is 5.92 Å². The second-order valence-electron chi connectivity index (χ2n) is 7.11. The van der Waals surface area contributed by atoms with E-state index < -0.39 is 11.7 Å². The fourth-order valence-electron chi connectivity index (χ4n) is 4.04. The summed E-state index contributed by atoms with van der Waals surface area (Å²) in [5.41, 5.74) is 0.631. The van der Waals surface area contributed by atoms with Gasteiger partial charge >= 0.3 is 6.18 Å². The number of likely N-dealkylation sites (tertiary alicyclic amines) is 1. The minimum atomic E-state index is -4.39. The number of thiocarbonyl (C=S) groups is 1. The number of fused-ring (bicyclic) bond motifs is 4. The van der Waals surface area contributed by atoms with Crippen LogP contribution in [0.4, 0.5) is 18.9 Å². The quantitative estimate of drug-likeness (QED) is 0.750. The van der Waals surface area contributed by atoms with Crippen molar-refractivity contribution in [3.8, 4) is 0 Å². The van der Waals surface area contributed by atoms with Crippen LogP contribution in [0.25, 0.3) is 0 Å². The van der Waals surface area contributed by atoms with E-state index >= 15 is 0 Å². The Balaban J connectivity index is 1.51. The van der Waals surface area contributed by atoms with Crippen LogP contribution in [0, 0.1) is 5.92 Å². The molecule has 2 aromatic rings. The first-order valence-electron chi connectivity index (χ1n) is 8.74. The molecule has 0 aliphatic carbocycles. The van der Waals surface area contributed by atoms with Crippen molar-refractivity contribution >= 4 is 23.0 Å². The second-order valence-corrected chi connectivity index (χ2v) is 7.50. The van der Waals surface area contributed by atoms with E-state index in [-0.39, 0.29) is 17.4 Å². The number of pyridine rings is 1. The smallest absolute Gasteiger partial charge is 0.348 e. The van der Waals surface area contributed by atoms with Gasteiger partial charge in [0.1, 0.15) is 0 Å². The molecule has 2 bridgehead atoms. The lowest BCUT2D eigenvalue weighted by molar-refractivity contribution is -0.137. The predicted molar refractivity (Wildman–Crippen MR) is 101 cm³/mol. The van der Waals surface area contributed by atoms with Gasteiger partial charge in [0.05, 0.1) is 5.56 Å². The lowest BCUT2D eigenvalue weighted by atomic mass is 9.83. The molecule has 1 N–H and O–H groups in total. The lowest BCUT2D eigenvalue weighted by Gasteiger charge is -2.43. The van der Waals surface area contributed by atoms with Crippen LogP contribution in [-0.2, 0) is 12.7 Å². The van der Waals surface area contributed by atoms with Crippen LogP contribution >= 0.6 is 12.2 Å². The Hall–Kier alpha value is -2.35. The number of nitrogens with zero attached hydrogens (tertiary/aromatic N) is 2. The van der Waals surface area contributed by atoms with Gasteiger partial charge in [0.25, 0.3) is 5.56 Å². The number of alkyl halides is 3. The first-order valence-corrected chi connectivity index (χ1v) is 9.15. The van der Waals surface area contributed by atoms with Crippen LogP contribution < -0.4 is 10.9 Å². The standard InChI is InChI=1S/C19H18F3N3OS/c20-19(21,22)14-3-1-4-15(8-14)23-18(27)24-9-12-7-13(11-24)16-5-2-6-17(26)25(16)10-12/h1-6,8,12-13H,7,9-11H2,(H,23,27)/t12-,13+/m1/s1. The Morgan fingerprint density at radius 3 is 2.67 bits per heavy atom. The maximum Gasteiger partial charge on any atom is 0.416 e. The summed E-state index contributed by atoms with van der Waals surface area (Å²) < 4.78 is 40.5.